The molecule has 7 nitrogen and oxygen atoms in total. The Kier molecular flexibility index (Phi) is 6.48. The molecule has 160 valence electrons. The normalized spacial score (nSPS) is 13.7. The average Bonchev–Trinajstić information content (AvgIpc) is 2.85. The first-order valence-electron chi connectivity index (χ1n) is 10.2. The van der Waals surface area contributed by atoms with Crippen molar-refractivity contribution in [1.82, 2.24) is 9.97 Å². The van der Waals surface area contributed by atoms with Crippen molar-refractivity contribution in [3.8, 4) is 0 Å². The summed E-state index contributed by atoms with van der Waals surface area (Å²) in [4.78, 5) is 20.3. The monoisotopic (exact) mass is 426 g/mol. The molecule has 0 bridgehead atoms. The molecule has 0 aliphatic rings. The van der Waals surface area contributed by atoms with Gasteiger partial charge in [0.2, 0.25) is 0 Å². The summed E-state index contributed by atoms with van der Waals surface area (Å²) in [5.74, 6) is -0.0986. The fourth-order valence-corrected chi connectivity index (χ4v) is 3.83. The fourth-order valence-electron chi connectivity index (χ4n) is 3.83. The van der Waals surface area contributed by atoms with Gasteiger partial charge in [-0.05, 0) is 29.8 Å². The van der Waals surface area contributed by atoms with E-state index >= 15 is 0 Å². The molecule has 2 heterocycles. The van der Waals surface area contributed by atoms with Gasteiger partial charge in [0.05, 0.1) is 28.6 Å². The van der Waals surface area contributed by atoms with Crippen LogP contribution in [0, 0.1) is 10.1 Å². The molecule has 4 rings (SSSR count). The number of aliphatic hydroxyl groups is 1. The highest BCUT2D eigenvalue weighted by molar-refractivity contribution is 5.49. The van der Waals surface area contributed by atoms with E-state index in [-0.39, 0.29) is 5.69 Å². The van der Waals surface area contributed by atoms with Crippen LogP contribution in [0.4, 0.5) is 11.5 Å². The molecule has 0 aliphatic carbocycles. The first-order valence-corrected chi connectivity index (χ1v) is 10.2. The third kappa shape index (κ3) is 4.63. The zero-order valence-corrected chi connectivity index (χ0v) is 17.2. The number of nitro groups is 1. The predicted octanol–water partition coefficient (Wildman–Crippen LogP) is 5.06. The molecular formula is C25H22N4O3. The molecule has 2 aromatic carbocycles. The highest BCUT2D eigenvalue weighted by atomic mass is 16.6. The zero-order chi connectivity index (χ0) is 22.3. The topological polar surface area (TPSA) is 101 Å². The minimum atomic E-state index is -0.980. The minimum absolute atomic E-state index is 0.0397. The third-order valence-corrected chi connectivity index (χ3v) is 5.31. The lowest BCUT2D eigenvalue weighted by molar-refractivity contribution is -0.385. The van der Waals surface area contributed by atoms with Crippen LogP contribution in [0.15, 0.2) is 103 Å². The zero-order valence-electron chi connectivity index (χ0n) is 17.2. The average molecular weight is 426 g/mol. The molecule has 2 N–H and O–H groups in total. The number of aliphatic hydroxyl groups excluding tert-OH is 1. The van der Waals surface area contributed by atoms with Crippen LogP contribution >= 0.6 is 0 Å². The molecule has 3 atom stereocenters. The van der Waals surface area contributed by atoms with Gasteiger partial charge in [0.1, 0.15) is 5.82 Å². The predicted molar refractivity (Wildman–Crippen MR) is 122 cm³/mol. The van der Waals surface area contributed by atoms with Crippen LogP contribution in [0.5, 0.6) is 0 Å². The van der Waals surface area contributed by atoms with Crippen LogP contribution in [-0.2, 0) is 0 Å². The highest BCUT2D eigenvalue weighted by Gasteiger charge is 2.36. The Labute approximate surface area is 185 Å². The second kappa shape index (κ2) is 9.80. The van der Waals surface area contributed by atoms with E-state index in [1.54, 1.807) is 48.8 Å². The number of para-hydroxylation sites is 1. The third-order valence-electron chi connectivity index (χ3n) is 5.31. The summed E-state index contributed by atoms with van der Waals surface area (Å²) in [5.41, 5.74) is 1.70. The van der Waals surface area contributed by atoms with Crippen LogP contribution in [0.25, 0.3) is 0 Å². The molecule has 0 radical (unpaired) electrons. The number of benzene rings is 2. The number of aromatic nitrogens is 2. The van der Waals surface area contributed by atoms with E-state index in [1.807, 2.05) is 48.5 Å². The molecule has 0 aliphatic heterocycles. The van der Waals surface area contributed by atoms with Crippen molar-refractivity contribution in [3.63, 3.8) is 0 Å². The molecule has 7 heteroatoms. The molecule has 0 spiro atoms. The molecule has 4 aromatic rings. The Morgan fingerprint density at radius 1 is 0.812 bits per heavy atom. The molecule has 32 heavy (non-hydrogen) atoms. The van der Waals surface area contributed by atoms with Gasteiger partial charge < -0.3 is 10.4 Å². The van der Waals surface area contributed by atoms with Crippen LogP contribution in [0.2, 0.25) is 0 Å². The maximum absolute atomic E-state index is 11.9. The van der Waals surface area contributed by atoms with Gasteiger partial charge in [0.15, 0.2) is 0 Å². The Bertz CT molecular complexity index is 1160. The standard InChI is InChI=1S/C25H22N4O3/c30-25(18-10-2-1-3-11-18)23(20-13-6-8-16-26-20)24(28-22-15-7-9-17-27-22)19-12-4-5-14-21(19)29(31)32/h1-17,23-25,30H,(H,27,28). The van der Waals surface area contributed by atoms with Gasteiger partial charge in [-0.3, -0.25) is 15.1 Å². The van der Waals surface area contributed by atoms with E-state index in [0.29, 0.717) is 22.6 Å². The first kappa shape index (κ1) is 21.1. The number of nitro benzene ring substituents is 1. The summed E-state index contributed by atoms with van der Waals surface area (Å²) < 4.78 is 0. The number of nitrogens with one attached hydrogen (secondary N) is 1. The van der Waals surface area contributed by atoms with Gasteiger partial charge in [-0.1, -0.05) is 60.7 Å². The lowest BCUT2D eigenvalue weighted by Crippen LogP contribution is -2.26. The van der Waals surface area contributed by atoms with Gasteiger partial charge in [-0.25, -0.2) is 4.98 Å². The number of nitrogens with zero attached hydrogens (tertiary/aromatic N) is 3. The lowest BCUT2D eigenvalue weighted by Gasteiger charge is -2.32. The summed E-state index contributed by atoms with van der Waals surface area (Å²) in [6.45, 7) is 0. The quantitative estimate of drug-likeness (QED) is 0.302. The maximum atomic E-state index is 11.9. The molecular weight excluding hydrogens is 404 g/mol. The van der Waals surface area contributed by atoms with Crippen molar-refractivity contribution in [2.24, 2.45) is 0 Å². The second-order valence-corrected chi connectivity index (χ2v) is 7.29. The van der Waals surface area contributed by atoms with Gasteiger partial charge in [-0.2, -0.15) is 0 Å². The smallest absolute Gasteiger partial charge is 0.274 e. The van der Waals surface area contributed by atoms with Crippen LogP contribution in [0.3, 0.4) is 0 Å². The van der Waals surface area contributed by atoms with E-state index in [4.69, 9.17) is 0 Å². The van der Waals surface area contributed by atoms with Crippen molar-refractivity contribution in [2.75, 3.05) is 5.32 Å². The van der Waals surface area contributed by atoms with Gasteiger partial charge in [0, 0.05) is 24.2 Å². The van der Waals surface area contributed by atoms with E-state index in [0.717, 1.165) is 0 Å². The molecule has 0 amide bonds. The Balaban J connectivity index is 1.89. The van der Waals surface area contributed by atoms with E-state index in [9.17, 15) is 15.2 Å². The Hall–Kier alpha value is -4.10. The summed E-state index contributed by atoms with van der Waals surface area (Å²) in [6, 6.07) is 25.9. The van der Waals surface area contributed by atoms with Crippen LogP contribution in [-0.4, -0.2) is 20.0 Å². The number of pyridine rings is 2. The first-order chi connectivity index (χ1) is 15.6. The Morgan fingerprint density at radius 2 is 1.47 bits per heavy atom. The molecule has 0 saturated carbocycles. The Morgan fingerprint density at radius 3 is 2.12 bits per heavy atom. The second-order valence-electron chi connectivity index (χ2n) is 7.29. The number of hydrogen-bond acceptors (Lipinski definition) is 6. The SMILES string of the molecule is O=[N+]([O-])c1ccccc1C(Nc1ccccn1)C(c1ccccn1)C(O)c1ccccc1. The summed E-state index contributed by atoms with van der Waals surface area (Å²) in [7, 11) is 0. The van der Waals surface area contributed by atoms with Gasteiger partial charge >= 0.3 is 0 Å². The van der Waals surface area contributed by atoms with Gasteiger partial charge in [-0.15, -0.1) is 0 Å². The summed E-state index contributed by atoms with van der Waals surface area (Å²) >= 11 is 0. The molecule has 2 aromatic heterocycles. The lowest BCUT2D eigenvalue weighted by atomic mass is 9.82. The van der Waals surface area contributed by atoms with E-state index in [2.05, 4.69) is 15.3 Å². The van der Waals surface area contributed by atoms with Gasteiger partial charge in [0.25, 0.3) is 5.69 Å². The van der Waals surface area contributed by atoms with Crippen molar-refractivity contribution in [3.05, 3.63) is 130 Å². The molecule has 0 fully saturated rings. The molecule has 3 unspecified atom stereocenters. The van der Waals surface area contributed by atoms with Crippen molar-refractivity contribution in [2.45, 2.75) is 18.1 Å². The number of hydrogen-bond donors (Lipinski definition) is 2. The summed E-state index contributed by atoms with van der Waals surface area (Å²) in [5, 5.41) is 26.7. The van der Waals surface area contributed by atoms with Crippen molar-refractivity contribution in [1.29, 1.82) is 0 Å². The highest BCUT2D eigenvalue weighted by Crippen LogP contribution is 2.44. The van der Waals surface area contributed by atoms with Crippen molar-refractivity contribution >= 4 is 11.5 Å². The van der Waals surface area contributed by atoms with Crippen LogP contribution in [0.1, 0.15) is 34.9 Å². The van der Waals surface area contributed by atoms with Crippen LogP contribution < -0.4 is 5.32 Å². The maximum Gasteiger partial charge on any atom is 0.274 e. The largest absolute Gasteiger partial charge is 0.388 e. The summed E-state index contributed by atoms with van der Waals surface area (Å²) in [6.07, 6.45) is 2.31. The number of rotatable bonds is 8. The van der Waals surface area contributed by atoms with E-state index < -0.39 is 23.0 Å². The van der Waals surface area contributed by atoms with E-state index in [1.165, 1.54) is 6.07 Å². The molecule has 0 saturated heterocycles. The fraction of sp³-hybridized carbons (Fsp3) is 0.120. The number of anilines is 1. The van der Waals surface area contributed by atoms with Crippen molar-refractivity contribution < 1.29 is 10.0 Å². The minimum Gasteiger partial charge on any atom is -0.388 e.